The molecule has 9 heavy (non-hydrogen) atoms. The highest BCUT2D eigenvalue weighted by molar-refractivity contribution is 5.06. The van der Waals surface area contributed by atoms with Gasteiger partial charge in [-0.1, -0.05) is 0 Å². The third-order valence-corrected chi connectivity index (χ3v) is 1.38. The normalized spacial score (nSPS) is 48.3. The Bertz CT molecular complexity index is 133. The lowest BCUT2D eigenvalue weighted by molar-refractivity contribution is -0.259. The fraction of sp³-hybridized carbons (Fsp3) is 1.00. The summed E-state index contributed by atoms with van der Waals surface area (Å²) in [6, 6.07) is 0. The van der Waals surface area contributed by atoms with Gasteiger partial charge in [-0.3, -0.25) is 0 Å². The largest absolute Gasteiger partial charge is 0.326 e. The minimum absolute atomic E-state index is 1.01. The highest BCUT2D eigenvalue weighted by Crippen LogP contribution is 2.49. The Morgan fingerprint density at radius 1 is 1.33 bits per heavy atom. The molecule has 1 saturated carbocycles. The summed E-state index contributed by atoms with van der Waals surface area (Å²) in [6.07, 6.45) is -3.49. The van der Waals surface area contributed by atoms with Crippen molar-refractivity contribution in [3.05, 3.63) is 0 Å². The van der Waals surface area contributed by atoms with Gasteiger partial charge in [0.1, 0.15) is 0 Å². The molecule has 1 rings (SSSR count). The lowest BCUT2D eigenvalue weighted by Gasteiger charge is -2.41. The van der Waals surface area contributed by atoms with E-state index in [9.17, 15) is 17.6 Å². The predicted octanol–water partition coefficient (Wildman–Crippen LogP) is 1.31. The predicted molar refractivity (Wildman–Crippen MR) is 21.4 cm³/mol. The van der Waals surface area contributed by atoms with Gasteiger partial charge in [-0.2, -0.15) is 8.78 Å². The number of hydrogen-bond donors (Lipinski definition) is 0. The third-order valence-electron chi connectivity index (χ3n) is 1.38. The van der Waals surface area contributed by atoms with Crippen molar-refractivity contribution >= 4 is 0 Å². The van der Waals surface area contributed by atoms with Crippen molar-refractivity contribution < 1.29 is 17.6 Å². The first-order valence-corrected chi connectivity index (χ1v) is 2.34. The molecule has 0 saturated heterocycles. The van der Waals surface area contributed by atoms with Gasteiger partial charge in [-0.25, -0.2) is 14.5 Å². The Hall–Kier alpha value is -0.320. The zero-order valence-electron chi connectivity index (χ0n) is 4.30. The van der Waals surface area contributed by atoms with Gasteiger partial charge in [0.25, 0.3) is 0 Å². The Morgan fingerprint density at radius 2 is 1.78 bits per heavy atom. The average Bonchev–Trinajstić information content (AvgIpc) is 1.65. The van der Waals surface area contributed by atoms with Gasteiger partial charge in [0.05, 0.1) is 0 Å². The lowest BCUT2D eigenvalue weighted by atomic mass is 9.84. The summed E-state index contributed by atoms with van der Waals surface area (Å²) in [5, 5.41) is 0. The van der Waals surface area contributed by atoms with Crippen LogP contribution in [0.4, 0.5) is 17.6 Å². The first-order chi connectivity index (χ1) is 3.88. The van der Waals surface area contributed by atoms with E-state index in [2.05, 4.69) is 0 Å². The number of rotatable bonds is 0. The van der Waals surface area contributed by atoms with Crippen LogP contribution in [0.2, 0.25) is 0 Å². The van der Waals surface area contributed by atoms with E-state index in [4.69, 9.17) is 5.73 Å². The number of hydrogen-bond acceptors (Lipinski definition) is 0. The van der Waals surface area contributed by atoms with Crippen molar-refractivity contribution in [2.45, 2.75) is 24.3 Å². The van der Waals surface area contributed by atoms with Crippen LogP contribution in [0.3, 0.4) is 0 Å². The van der Waals surface area contributed by atoms with Gasteiger partial charge in [0.15, 0.2) is 6.17 Å². The molecule has 0 aromatic carbocycles. The van der Waals surface area contributed by atoms with Gasteiger partial charge in [0.2, 0.25) is 5.79 Å². The minimum atomic E-state index is -4.09. The molecular weight excluding hydrogens is 138 g/mol. The number of alkyl halides is 4. The van der Waals surface area contributed by atoms with Gasteiger partial charge in [-0.05, 0) is 0 Å². The van der Waals surface area contributed by atoms with Crippen molar-refractivity contribution in [2.24, 2.45) is 0 Å². The fourth-order valence-electron chi connectivity index (χ4n) is 0.628. The molecule has 0 aromatic rings. The molecule has 1 fully saturated rings. The van der Waals surface area contributed by atoms with Gasteiger partial charge >= 0.3 is 5.92 Å². The van der Waals surface area contributed by atoms with Crippen LogP contribution in [0.5, 0.6) is 0 Å². The molecule has 2 unspecified atom stereocenters. The van der Waals surface area contributed by atoms with E-state index in [0.717, 1.165) is 0 Å². The van der Waals surface area contributed by atoms with Crippen molar-refractivity contribution in [1.29, 1.82) is 0 Å². The monoisotopic (exact) mass is 142 g/mol. The van der Waals surface area contributed by atoms with E-state index in [1.54, 1.807) is 0 Å². The topological polar surface area (TPSA) is 23.8 Å². The Balaban J connectivity index is 2.70. The van der Waals surface area contributed by atoms with Crippen molar-refractivity contribution in [3.8, 4) is 0 Å². The Morgan fingerprint density at radius 3 is 1.78 bits per heavy atom. The van der Waals surface area contributed by atoms with Crippen LogP contribution in [0.1, 0.15) is 6.42 Å². The maximum atomic E-state index is 11.9. The molecule has 0 aromatic heterocycles. The van der Waals surface area contributed by atoms with E-state index in [1.807, 2.05) is 0 Å². The van der Waals surface area contributed by atoms with Crippen LogP contribution < -0.4 is 5.73 Å². The van der Waals surface area contributed by atoms with Gasteiger partial charge < -0.3 is 0 Å². The van der Waals surface area contributed by atoms with Crippen molar-refractivity contribution in [3.63, 3.8) is 0 Å². The van der Waals surface area contributed by atoms with Crippen LogP contribution >= 0.6 is 0 Å². The maximum Gasteiger partial charge on any atom is 0.326 e. The highest BCUT2D eigenvalue weighted by atomic mass is 19.3. The summed E-state index contributed by atoms with van der Waals surface area (Å²) in [5.41, 5.74) is 6.14. The SMILES string of the molecule is [NH]C1(F)CC(F)C1(F)F. The summed E-state index contributed by atoms with van der Waals surface area (Å²) < 4.78 is 47.1. The number of nitrogens with one attached hydrogen (secondary N) is 1. The summed E-state index contributed by atoms with van der Waals surface area (Å²) >= 11 is 0. The highest BCUT2D eigenvalue weighted by Gasteiger charge is 2.70. The second-order valence-corrected chi connectivity index (χ2v) is 2.10. The summed E-state index contributed by atoms with van der Waals surface area (Å²) in [7, 11) is 0. The first-order valence-electron chi connectivity index (χ1n) is 2.34. The molecule has 0 spiro atoms. The van der Waals surface area contributed by atoms with Crippen LogP contribution in [-0.2, 0) is 0 Å². The van der Waals surface area contributed by atoms with Gasteiger partial charge in [-0.15, -0.1) is 0 Å². The summed E-state index contributed by atoms with van der Waals surface area (Å²) in [5.74, 6) is -7.46. The molecule has 0 heterocycles. The quantitative estimate of drug-likeness (QED) is 0.359. The van der Waals surface area contributed by atoms with Crippen LogP contribution in [0.15, 0.2) is 0 Å². The van der Waals surface area contributed by atoms with E-state index >= 15 is 0 Å². The molecule has 0 amide bonds. The molecule has 53 valence electrons. The molecule has 1 N–H and O–H groups in total. The molecule has 1 aliphatic rings. The Labute approximate surface area is 48.8 Å². The minimum Gasteiger partial charge on any atom is -0.240 e. The molecule has 1 aliphatic carbocycles. The second kappa shape index (κ2) is 1.39. The maximum absolute atomic E-state index is 11.9. The van der Waals surface area contributed by atoms with Crippen LogP contribution in [0.25, 0.3) is 0 Å². The van der Waals surface area contributed by atoms with Crippen LogP contribution in [0, 0.1) is 0 Å². The van der Waals surface area contributed by atoms with Gasteiger partial charge in [0, 0.05) is 6.42 Å². The zero-order chi connectivity index (χ0) is 7.28. The van der Waals surface area contributed by atoms with Crippen molar-refractivity contribution in [1.82, 2.24) is 5.73 Å². The standard InChI is InChI=1S/C4H4F4N/c5-2-1-3(6,9)4(2,7)8/h2,9H,1H2. The van der Waals surface area contributed by atoms with Crippen molar-refractivity contribution in [2.75, 3.05) is 0 Å². The summed E-state index contributed by atoms with van der Waals surface area (Å²) in [4.78, 5) is 0. The fourth-order valence-corrected chi connectivity index (χ4v) is 0.628. The molecular formula is C4H4F4N. The average molecular weight is 142 g/mol. The van der Waals surface area contributed by atoms with E-state index < -0.39 is 24.3 Å². The van der Waals surface area contributed by atoms with E-state index in [-0.39, 0.29) is 0 Å². The third kappa shape index (κ3) is 0.640. The smallest absolute Gasteiger partial charge is 0.240 e. The Kier molecular flexibility index (Phi) is 1.05. The first kappa shape index (κ1) is 6.80. The molecule has 0 aliphatic heterocycles. The molecule has 2 atom stereocenters. The lowest BCUT2D eigenvalue weighted by Crippen LogP contribution is -2.64. The van der Waals surface area contributed by atoms with E-state index in [0.29, 0.717) is 0 Å². The number of halogens is 4. The molecule has 5 heteroatoms. The molecule has 1 radical (unpaired) electrons. The summed E-state index contributed by atoms with van der Waals surface area (Å²) in [6.45, 7) is 0. The molecule has 1 nitrogen and oxygen atoms in total. The zero-order valence-corrected chi connectivity index (χ0v) is 4.30. The second-order valence-electron chi connectivity index (χ2n) is 2.10. The molecule has 0 bridgehead atoms. The van der Waals surface area contributed by atoms with E-state index in [1.165, 1.54) is 0 Å². The van der Waals surface area contributed by atoms with Crippen LogP contribution in [-0.4, -0.2) is 17.9 Å².